The number of aldehydes is 1. The Kier molecular flexibility index (Phi) is 18.9. The smallest absolute Gasteiger partial charge is 0.251 e. The number of unbranched alkanes of at least 4 members (excludes halogenated alkanes) is 2. The van der Waals surface area contributed by atoms with E-state index in [0.29, 0.717) is 50.5 Å². The summed E-state index contributed by atoms with van der Waals surface area (Å²) in [5, 5.41) is 10.6. The SMILES string of the molecule is CCCC[C@H](NC(=O)c1ccccc1)C(=O)N[C@@H](CCCCN)C(=O)N[C@@H](CCC(N)=O)C(=O)N[C@H](C=O)CCCN=C(N)N. The van der Waals surface area contributed by atoms with Gasteiger partial charge in [0.2, 0.25) is 23.6 Å². The number of rotatable bonds is 23. The van der Waals surface area contributed by atoms with Gasteiger partial charge in [-0.25, -0.2) is 0 Å². The van der Waals surface area contributed by atoms with Gasteiger partial charge in [-0.05, 0) is 63.6 Å². The number of carbonyl (C=O) groups excluding carboxylic acids is 6. The topological polar surface area (TPSA) is 267 Å². The fourth-order valence-corrected chi connectivity index (χ4v) is 4.35. The monoisotopic (exact) mass is 631 g/mol. The van der Waals surface area contributed by atoms with Gasteiger partial charge in [-0.1, -0.05) is 38.0 Å². The first-order valence-corrected chi connectivity index (χ1v) is 15.3. The minimum atomic E-state index is -1.23. The molecule has 250 valence electrons. The molecular weight excluding hydrogens is 582 g/mol. The van der Waals surface area contributed by atoms with Crippen LogP contribution in [0.15, 0.2) is 35.3 Å². The Morgan fingerprint density at radius 1 is 0.756 bits per heavy atom. The summed E-state index contributed by atoms with van der Waals surface area (Å²) in [7, 11) is 0. The molecule has 4 atom stereocenters. The van der Waals surface area contributed by atoms with Crippen LogP contribution in [-0.4, -0.2) is 79.0 Å². The van der Waals surface area contributed by atoms with E-state index in [2.05, 4.69) is 26.3 Å². The molecule has 0 aliphatic carbocycles. The highest BCUT2D eigenvalue weighted by Gasteiger charge is 2.30. The fourth-order valence-electron chi connectivity index (χ4n) is 4.35. The van der Waals surface area contributed by atoms with Crippen LogP contribution in [0.5, 0.6) is 0 Å². The Morgan fingerprint density at radius 2 is 1.33 bits per heavy atom. The molecule has 0 radical (unpaired) electrons. The Bertz CT molecular complexity index is 1130. The van der Waals surface area contributed by atoms with E-state index < -0.39 is 53.7 Å². The minimum Gasteiger partial charge on any atom is -0.370 e. The van der Waals surface area contributed by atoms with Crippen LogP contribution < -0.4 is 44.2 Å². The Morgan fingerprint density at radius 3 is 1.89 bits per heavy atom. The first-order valence-electron chi connectivity index (χ1n) is 15.3. The van der Waals surface area contributed by atoms with E-state index in [1.54, 1.807) is 30.3 Å². The third kappa shape index (κ3) is 16.2. The number of guanidine groups is 1. The summed E-state index contributed by atoms with van der Waals surface area (Å²) in [6.07, 6.45) is 3.87. The molecule has 45 heavy (non-hydrogen) atoms. The van der Waals surface area contributed by atoms with Gasteiger partial charge in [0.1, 0.15) is 24.4 Å². The second-order valence-corrected chi connectivity index (χ2v) is 10.6. The molecule has 0 bridgehead atoms. The quantitative estimate of drug-likeness (QED) is 0.0320. The van der Waals surface area contributed by atoms with E-state index in [1.807, 2.05) is 6.92 Å². The maximum absolute atomic E-state index is 13.5. The summed E-state index contributed by atoms with van der Waals surface area (Å²) in [5.74, 6) is -3.15. The predicted molar refractivity (Wildman–Crippen MR) is 170 cm³/mol. The van der Waals surface area contributed by atoms with Gasteiger partial charge in [-0.2, -0.15) is 0 Å². The highest BCUT2D eigenvalue weighted by atomic mass is 16.2. The molecule has 0 heterocycles. The van der Waals surface area contributed by atoms with Crippen LogP contribution in [0.2, 0.25) is 0 Å². The third-order valence-corrected chi connectivity index (χ3v) is 6.86. The number of aliphatic imine (C=N–C) groups is 1. The van der Waals surface area contributed by atoms with Crippen molar-refractivity contribution in [1.29, 1.82) is 0 Å². The lowest BCUT2D eigenvalue weighted by Crippen LogP contribution is -2.57. The van der Waals surface area contributed by atoms with Crippen molar-refractivity contribution >= 4 is 41.8 Å². The molecule has 0 aliphatic heterocycles. The van der Waals surface area contributed by atoms with Crippen molar-refractivity contribution < 1.29 is 28.8 Å². The lowest BCUT2D eigenvalue weighted by atomic mass is 10.0. The van der Waals surface area contributed by atoms with Gasteiger partial charge < -0.3 is 49.0 Å². The third-order valence-electron chi connectivity index (χ3n) is 6.86. The molecular formula is C30H49N9O6. The van der Waals surface area contributed by atoms with Crippen LogP contribution >= 0.6 is 0 Å². The Balaban J connectivity index is 3.08. The number of hydrogen-bond acceptors (Lipinski definition) is 8. The Labute approximate surface area is 264 Å². The van der Waals surface area contributed by atoms with Crippen molar-refractivity contribution in [1.82, 2.24) is 21.3 Å². The summed E-state index contributed by atoms with van der Waals surface area (Å²) in [4.78, 5) is 79.8. The van der Waals surface area contributed by atoms with E-state index in [-0.39, 0.29) is 38.2 Å². The van der Waals surface area contributed by atoms with Crippen molar-refractivity contribution in [3.8, 4) is 0 Å². The lowest BCUT2D eigenvalue weighted by Gasteiger charge is -2.26. The van der Waals surface area contributed by atoms with Gasteiger partial charge in [0.25, 0.3) is 5.91 Å². The number of nitrogens with two attached hydrogens (primary N) is 4. The minimum absolute atomic E-state index is 0.0979. The zero-order valence-corrected chi connectivity index (χ0v) is 26.0. The number of nitrogens with zero attached hydrogens (tertiary/aromatic N) is 1. The van der Waals surface area contributed by atoms with E-state index >= 15 is 0 Å². The molecule has 0 aromatic heterocycles. The normalized spacial score (nSPS) is 13.3. The number of primary amides is 1. The fraction of sp³-hybridized carbons (Fsp3) is 0.567. The lowest BCUT2D eigenvalue weighted by molar-refractivity contribution is -0.133. The molecule has 1 rings (SSSR count). The van der Waals surface area contributed by atoms with Crippen molar-refractivity contribution in [3.63, 3.8) is 0 Å². The molecule has 1 aromatic rings. The predicted octanol–water partition coefficient (Wildman–Crippen LogP) is -0.923. The molecule has 12 N–H and O–H groups in total. The zero-order valence-electron chi connectivity index (χ0n) is 26.0. The number of amides is 5. The summed E-state index contributed by atoms with van der Waals surface area (Å²) >= 11 is 0. The molecule has 0 unspecified atom stereocenters. The van der Waals surface area contributed by atoms with Gasteiger partial charge in [0, 0.05) is 18.5 Å². The first-order chi connectivity index (χ1) is 21.5. The summed E-state index contributed by atoms with van der Waals surface area (Å²) < 4.78 is 0. The number of benzene rings is 1. The molecule has 5 amide bonds. The van der Waals surface area contributed by atoms with Crippen molar-refractivity contribution in [2.24, 2.45) is 27.9 Å². The molecule has 0 saturated heterocycles. The van der Waals surface area contributed by atoms with Crippen LogP contribution in [-0.2, 0) is 24.0 Å². The molecule has 15 nitrogen and oxygen atoms in total. The standard InChI is InChI=1S/C30H49N9O6/c1-2-3-13-22(37-26(42)20-10-5-4-6-11-20)28(44)38-23(14-7-8-17-31)29(45)39-24(15-16-25(32)41)27(43)36-21(19-40)12-9-18-35-30(33)34/h4-6,10-11,19,21-24H,2-3,7-9,12-18,31H2,1H3,(H2,32,41)(H,36,43)(H,37,42)(H,38,44)(H,39,45)(H4,33,34,35)/t21-,22-,23-,24-/m0/s1. The zero-order chi connectivity index (χ0) is 33.6. The van der Waals surface area contributed by atoms with Crippen LogP contribution in [0.4, 0.5) is 0 Å². The number of hydrogen-bond donors (Lipinski definition) is 8. The second kappa shape index (κ2) is 22.0. The summed E-state index contributed by atoms with van der Waals surface area (Å²) in [5.41, 5.74) is 21.9. The molecule has 0 spiro atoms. The largest absolute Gasteiger partial charge is 0.370 e. The first kappa shape index (κ1) is 38.5. The van der Waals surface area contributed by atoms with E-state index in [0.717, 1.165) is 6.42 Å². The maximum Gasteiger partial charge on any atom is 0.251 e. The van der Waals surface area contributed by atoms with E-state index in [4.69, 9.17) is 22.9 Å². The van der Waals surface area contributed by atoms with E-state index in [1.165, 1.54) is 0 Å². The molecule has 15 heteroatoms. The molecule has 0 aliphatic rings. The second-order valence-electron chi connectivity index (χ2n) is 10.6. The van der Waals surface area contributed by atoms with Crippen molar-refractivity contribution in [3.05, 3.63) is 35.9 Å². The van der Waals surface area contributed by atoms with Crippen molar-refractivity contribution in [2.45, 2.75) is 95.3 Å². The van der Waals surface area contributed by atoms with Crippen LogP contribution in [0, 0.1) is 0 Å². The van der Waals surface area contributed by atoms with Crippen LogP contribution in [0.3, 0.4) is 0 Å². The number of carbonyl (C=O) groups is 6. The Hall–Kier alpha value is -4.53. The van der Waals surface area contributed by atoms with Crippen LogP contribution in [0.1, 0.15) is 81.5 Å². The van der Waals surface area contributed by atoms with Gasteiger partial charge >= 0.3 is 0 Å². The molecule has 0 saturated carbocycles. The van der Waals surface area contributed by atoms with Gasteiger partial charge in [-0.3, -0.25) is 29.0 Å². The maximum atomic E-state index is 13.5. The highest BCUT2D eigenvalue weighted by molar-refractivity contribution is 5.98. The van der Waals surface area contributed by atoms with Gasteiger partial charge in [0.05, 0.1) is 6.04 Å². The number of nitrogens with one attached hydrogen (secondary N) is 4. The van der Waals surface area contributed by atoms with Gasteiger partial charge in [-0.15, -0.1) is 0 Å². The average molecular weight is 632 g/mol. The average Bonchev–Trinajstić information content (AvgIpc) is 3.01. The highest BCUT2D eigenvalue weighted by Crippen LogP contribution is 2.09. The van der Waals surface area contributed by atoms with Crippen molar-refractivity contribution in [2.75, 3.05) is 13.1 Å². The summed E-state index contributed by atoms with van der Waals surface area (Å²) in [6.45, 7) is 2.57. The van der Waals surface area contributed by atoms with Gasteiger partial charge in [0.15, 0.2) is 5.96 Å². The molecule has 1 aromatic carbocycles. The molecule has 0 fully saturated rings. The summed E-state index contributed by atoms with van der Waals surface area (Å²) in [6, 6.07) is 4.34. The van der Waals surface area contributed by atoms with E-state index in [9.17, 15) is 28.8 Å². The van der Waals surface area contributed by atoms with Crippen LogP contribution in [0.25, 0.3) is 0 Å².